The molecule has 0 aliphatic carbocycles. The number of nitrogens with one attached hydrogen (secondary N) is 2. The van der Waals surface area contributed by atoms with E-state index < -0.39 is 47.0 Å². The molecule has 0 spiro atoms. The lowest BCUT2D eigenvalue weighted by molar-refractivity contribution is 0.444. The first-order valence-corrected chi connectivity index (χ1v) is 10.6. The van der Waals surface area contributed by atoms with Crippen LogP contribution in [0.2, 0.25) is 0 Å². The number of aromatic amines is 1. The van der Waals surface area contributed by atoms with Crippen molar-refractivity contribution in [1.29, 1.82) is 0 Å². The van der Waals surface area contributed by atoms with Crippen molar-refractivity contribution in [1.82, 2.24) is 19.1 Å². The molecule has 0 bridgehead atoms. The van der Waals surface area contributed by atoms with E-state index in [4.69, 9.17) is 0 Å². The summed E-state index contributed by atoms with van der Waals surface area (Å²) in [7, 11) is 0. The molecule has 4 rings (SSSR count). The highest BCUT2D eigenvalue weighted by Crippen LogP contribution is 2.18. The van der Waals surface area contributed by atoms with Crippen molar-refractivity contribution in [2.24, 2.45) is 0 Å². The van der Waals surface area contributed by atoms with E-state index in [0.717, 1.165) is 26.8 Å². The Morgan fingerprint density at radius 3 is 2.29 bits per heavy atom. The van der Waals surface area contributed by atoms with Gasteiger partial charge in [0.25, 0.3) is 5.56 Å². The van der Waals surface area contributed by atoms with E-state index >= 15 is 0 Å². The van der Waals surface area contributed by atoms with Crippen molar-refractivity contribution in [3.05, 3.63) is 126 Å². The largest absolute Gasteiger partial charge is 0.355 e. The second kappa shape index (κ2) is 9.84. The van der Waals surface area contributed by atoms with Crippen molar-refractivity contribution in [3.63, 3.8) is 0 Å². The minimum Gasteiger partial charge on any atom is -0.349 e. The van der Waals surface area contributed by atoms with E-state index in [1.54, 1.807) is 6.92 Å². The first-order chi connectivity index (χ1) is 16.7. The van der Waals surface area contributed by atoms with Crippen LogP contribution in [-0.4, -0.2) is 19.1 Å². The van der Waals surface area contributed by atoms with Crippen LogP contribution in [0.5, 0.6) is 0 Å². The molecule has 180 valence electrons. The summed E-state index contributed by atoms with van der Waals surface area (Å²) in [5.74, 6) is -4.63. The van der Waals surface area contributed by atoms with Gasteiger partial charge in [-0.3, -0.25) is 9.36 Å². The van der Waals surface area contributed by atoms with Gasteiger partial charge in [0.1, 0.15) is 0 Å². The lowest BCUT2D eigenvalue weighted by Gasteiger charge is -2.19. The molecule has 4 aromatic rings. The molecule has 2 aromatic heterocycles. The predicted octanol–water partition coefficient (Wildman–Crippen LogP) is 2.78. The molecule has 0 saturated heterocycles. The summed E-state index contributed by atoms with van der Waals surface area (Å²) in [4.78, 5) is 44.6. The molecule has 8 nitrogen and oxygen atoms in total. The first kappa shape index (κ1) is 23.7. The van der Waals surface area contributed by atoms with E-state index in [1.807, 2.05) is 30.3 Å². The number of hydrogen-bond donors (Lipinski definition) is 2. The Labute approximate surface area is 196 Å². The molecule has 0 saturated carbocycles. The Kier molecular flexibility index (Phi) is 6.67. The van der Waals surface area contributed by atoms with E-state index in [-0.39, 0.29) is 23.6 Å². The Morgan fingerprint density at radius 2 is 1.63 bits per heavy atom. The van der Waals surface area contributed by atoms with Crippen LogP contribution in [0.3, 0.4) is 0 Å². The fourth-order valence-electron chi connectivity index (χ4n) is 3.57. The summed E-state index contributed by atoms with van der Waals surface area (Å²) in [5.41, 5.74) is -1.39. The summed E-state index contributed by atoms with van der Waals surface area (Å²) in [6.07, 6.45) is 1.40. The topological polar surface area (TPSA) is 102 Å². The zero-order valence-electron chi connectivity index (χ0n) is 18.5. The summed E-state index contributed by atoms with van der Waals surface area (Å²) in [6.45, 7) is 0.981. The molecule has 0 radical (unpaired) electrons. The first-order valence-electron chi connectivity index (χ1n) is 10.6. The molecule has 2 aromatic carbocycles. The van der Waals surface area contributed by atoms with E-state index in [1.165, 1.54) is 18.3 Å². The fourth-order valence-corrected chi connectivity index (χ4v) is 3.57. The van der Waals surface area contributed by atoms with Crippen LogP contribution >= 0.6 is 0 Å². The average Bonchev–Trinajstić information content (AvgIpc) is 2.84. The smallest absolute Gasteiger partial charge is 0.349 e. The highest BCUT2D eigenvalue weighted by atomic mass is 19.2. The fraction of sp³-hybridized carbons (Fsp3) is 0.167. The SMILES string of the molecule is C[C@H](Nc1nc(=O)n(Cc2ccc[nH]c2=O)c(=O)n1Cc1cc(F)c(F)c(F)c1)c1ccccc1. The van der Waals surface area contributed by atoms with Gasteiger partial charge < -0.3 is 10.3 Å². The monoisotopic (exact) mass is 483 g/mol. The van der Waals surface area contributed by atoms with Crippen LogP contribution in [0.15, 0.2) is 75.2 Å². The summed E-state index contributed by atoms with van der Waals surface area (Å²) in [6, 6.07) is 13.2. The number of halogens is 3. The van der Waals surface area contributed by atoms with Gasteiger partial charge in [0.2, 0.25) is 5.95 Å². The van der Waals surface area contributed by atoms with Crippen LogP contribution < -0.4 is 22.3 Å². The predicted molar refractivity (Wildman–Crippen MR) is 123 cm³/mol. The van der Waals surface area contributed by atoms with Crippen LogP contribution in [0, 0.1) is 17.5 Å². The van der Waals surface area contributed by atoms with Crippen molar-refractivity contribution in [3.8, 4) is 0 Å². The van der Waals surface area contributed by atoms with Crippen LogP contribution in [0.25, 0.3) is 0 Å². The standard InChI is InChI=1S/C24H20F3N5O3/c1-14(16-6-3-2-4-7-16)29-22-30-23(34)32(13-17-8-5-9-28-21(17)33)24(35)31(22)12-15-10-18(25)20(27)19(26)11-15/h2-11,14H,12-13H2,1H3,(H,28,33)(H,29,30,34)/t14-/m0/s1. The Bertz CT molecular complexity index is 1520. The lowest BCUT2D eigenvalue weighted by Crippen LogP contribution is -2.44. The zero-order valence-corrected chi connectivity index (χ0v) is 18.5. The molecule has 11 heteroatoms. The Morgan fingerprint density at radius 1 is 0.943 bits per heavy atom. The molecular weight excluding hydrogens is 463 g/mol. The third-order valence-corrected chi connectivity index (χ3v) is 5.41. The molecule has 0 aliphatic heterocycles. The maximum Gasteiger partial charge on any atom is 0.355 e. The third kappa shape index (κ3) is 5.08. The van der Waals surface area contributed by atoms with Gasteiger partial charge >= 0.3 is 11.4 Å². The average molecular weight is 483 g/mol. The lowest BCUT2D eigenvalue weighted by atomic mass is 10.1. The number of pyridine rings is 1. The van der Waals surface area contributed by atoms with Gasteiger partial charge in [-0.1, -0.05) is 36.4 Å². The van der Waals surface area contributed by atoms with E-state index in [0.29, 0.717) is 0 Å². The third-order valence-electron chi connectivity index (χ3n) is 5.41. The normalized spacial score (nSPS) is 11.9. The number of H-pyrrole nitrogens is 1. The molecule has 35 heavy (non-hydrogen) atoms. The van der Waals surface area contributed by atoms with Crippen molar-refractivity contribution >= 4 is 5.95 Å². The van der Waals surface area contributed by atoms with Gasteiger partial charge in [-0.25, -0.2) is 27.3 Å². The van der Waals surface area contributed by atoms with Crippen molar-refractivity contribution < 1.29 is 13.2 Å². The number of hydrogen-bond acceptors (Lipinski definition) is 5. The Balaban J connectivity index is 1.82. The maximum absolute atomic E-state index is 13.8. The second-order valence-electron chi connectivity index (χ2n) is 7.85. The maximum atomic E-state index is 13.8. The van der Waals surface area contributed by atoms with Gasteiger partial charge in [0.05, 0.1) is 19.1 Å². The molecule has 0 amide bonds. The van der Waals surface area contributed by atoms with E-state index in [9.17, 15) is 27.6 Å². The molecule has 0 fully saturated rings. The van der Waals surface area contributed by atoms with Gasteiger partial charge in [-0.05, 0) is 36.2 Å². The molecule has 1 atom stereocenters. The zero-order chi connectivity index (χ0) is 25.1. The minimum atomic E-state index is -1.64. The van der Waals surface area contributed by atoms with E-state index in [2.05, 4.69) is 15.3 Å². The van der Waals surface area contributed by atoms with Crippen molar-refractivity contribution in [2.75, 3.05) is 5.32 Å². The highest BCUT2D eigenvalue weighted by molar-refractivity contribution is 5.33. The molecule has 0 unspecified atom stereocenters. The molecule has 0 aliphatic rings. The van der Waals surface area contributed by atoms with Gasteiger partial charge in [-0.15, -0.1) is 0 Å². The van der Waals surface area contributed by atoms with Crippen LogP contribution in [0.4, 0.5) is 19.1 Å². The molecular formula is C24H20F3N5O3. The highest BCUT2D eigenvalue weighted by Gasteiger charge is 2.19. The van der Waals surface area contributed by atoms with Crippen LogP contribution in [0.1, 0.15) is 29.7 Å². The number of nitrogens with zero attached hydrogens (tertiary/aromatic N) is 3. The number of benzene rings is 2. The quantitative estimate of drug-likeness (QED) is 0.394. The minimum absolute atomic E-state index is 0.0662. The Hall–Kier alpha value is -4.41. The molecule has 2 heterocycles. The van der Waals surface area contributed by atoms with Gasteiger partial charge in [0.15, 0.2) is 17.5 Å². The van der Waals surface area contributed by atoms with Gasteiger partial charge in [-0.2, -0.15) is 4.98 Å². The molecule has 2 N–H and O–H groups in total. The summed E-state index contributed by atoms with van der Waals surface area (Å²) in [5, 5.41) is 2.98. The van der Waals surface area contributed by atoms with Crippen LogP contribution in [-0.2, 0) is 13.1 Å². The second-order valence-corrected chi connectivity index (χ2v) is 7.85. The summed E-state index contributed by atoms with van der Waals surface area (Å²) < 4.78 is 42.8. The summed E-state index contributed by atoms with van der Waals surface area (Å²) >= 11 is 0. The van der Waals surface area contributed by atoms with Gasteiger partial charge in [0, 0.05) is 11.8 Å². The number of anilines is 1. The number of rotatable bonds is 7. The van der Waals surface area contributed by atoms with Crippen molar-refractivity contribution in [2.45, 2.75) is 26.1 Å². The number of aromatic nitrogens is 4.